The molecule has 1 aliphatic rings. The van der Waals surface area contributed by atoms with E-state index in [4.69, 9.17) is 9.47 Å². The Hall–Kier alpha value is -4.10. The topological polar surface area (TPSA) is 72.8 Å². The Morgan fingerprint density at radius 1 is 0.952 bits per heavy atom. The van der Waals surface area contributed by atoms with Gasteiger partial charge in [-0.1, -0.05) is 48.5 Å². The summed E-state index contributed by atoms with van der Waals surface area (Å²) in [5.74, 6) is 1.07. The highest BCUT2D eigenvalue weighted by molar-refractivity contribution is 5.86. The number of amides is 2. The van der Waals surface area contributed by atoms with Crippen molar-refractivity contribution in [3.8, 4) is 5.75 Å². The van der Waals surface area contributed by atoms with Gasteiger partial charge in [0.25, 0.3) is 0 Å². The maximum Gasteiger partial charge on any atom is 0.417 e. The molecular formula is C35H41N3O4. The number of carbonyl (C=O) groups is 2. The number of nitrogens with one attached hydrogen (secondary N) is 1. The van der Waals surface area contributed by atoms with Crippen molar-refractivity contribution in [1.29, 1.82) is 0 Å². The van der Waals surface area contributed by atoms with E-state index in [0.29, 0.717) is 23.8 Å². The lowest BCUT2D eigenvalue weighted by molar-refractivity contribution is -0.132. The van der Waals surface area contributed by atoms with Crippen LogP contribution in [-0.4, -0.2) is 48.3 Å². The van der Waals surface area contributed by atoms with Crippen molar-refractivity contribution in [2.75, 3.05) is 32.1 Å². The van der Waals surface area contributed by atoms with Crippen LogP contribution in [0.3, 0.4) is 0 Å². The third-order valence-corrected chi connectivity index (χ3v) is 8.18. The van der Waals surface area contributed by atoms with Crippen LogP contribution < -0.4 is 10.1 Å². The Labute approximate surface area is 248 Å². The average Bonchev–Trinajstić information content (AvgIpc) is 3.30. The minimum atomic E-state index is -0.523. The number of hydrogen-bond acceptors (Lipinski definition) is 4. The van der Waals surface area contributed by atoms with Crippen LogP contribution in [0, 0.1) is 6.92 Å². The number of fused-ring (bicyclic) bond motifs is 1. The molecule has 1 aromatic heterocycles. The molecule has 4 aromatic rings. The molecule has 1 atom stereocenters. The number of likely N-dealkylation sites (tertiary alicyclic amines) is 1. The Morgan fingerprint density at radius 3 is 2.50 bits per heavy atom. The number of ether oxygens (including phenoxy) is 2. The second-order valence-electron chi connectivity index (χ2n) is 11.1. The summed E-state index contributed by atoms with van der Waals surface area (Å²) >= 11 is 0. The highest BCUT2D eigenvalue weighted by Gasteiger charge is 2.29. The van der Waals surface area contributed by atoms with Gasteiger partial charge in [0, 0.05) is 68.0 Å². The second-order valence-corrected chi connectivity index (χ2v) is 11.1. The third kappa shape index (κ3) is 7.21. The van der Waals surface area contributed by atoms with Crippen molar-refractivity contribution in [3.05, 3.63) is 95.7 Å². The van der Waals surface area contributed by atoms with Crippen molar-refractivity contribution in [2.24, 2.45) is 0 Å². The highest BCUT2D eigenvalue weighted by Crippen LogP contribution is 2.36. The van der Waals surface area contributed by atoms with E-state index in [1.807, 2.05) is 42.5 Å². The van der Waals surface area contributed by atoms with Gasteiger partial charge in [0.15, 0.2) is 0 Å². The molecule has 3 aromatic carbocycles. The number of piperidine rings is 1. The number of hydrogen-bond donors (Lipinski definition) is 1. The number of anilines is 1. The number of benzene rings is 3. The number of aryl methyl sites for hydroxylation is 3. The average molecular weight is 568 g/mol. The molecule has 220 valence electrons. The fourth-order valence-electron chi connectivity index (χ4n) is 6.15. The van der Waals surface area contributed by atoms with Gasteiger partial charge in [-0.3, -0.25) is 10.1 Å². The smallest absolute Gasteiger partial charge is 0.410 e. The second kappa shape index (κ2) is 14.2. The van der Waals surface area contributed by atoms with E-state index in [1.165, 1.54) is 22.2 Å². The molecule has 2 amide bonds. The van der Waals surface area contributed by atoms with E-state index in [9.17, 15) is 9.59 Å². The number of para-hydroxylation sites is 2. The summed E-state index contributed by atoms with van der Waals surface area (Å²) in [6.45, 7) is 5.50. The van der Waals surface area contributed by atoms with Gasteiger partial charge in [-0.25, -0.2) is 4.79 Å². The molecule has 7 nitrogen and oxygen atoms in total. The van der Waals surface area contributed by atoms with Crippen LogP contribution in [0.2, 0.25) is 0 Å². The summed E-state index contributed by atoms with van der Waals surface area (Å²) in [5.41, 5.74) is 5.81. The minimum absolute atomic E-state index is 0.237. The molecule has 1 N–H and O–H groups in total. The zero-order chi connectivity index (χ0) is 29.3. The first kappa shape index (κ1) is 29.4. The zero-order valence-corrected chi connectivity index (χ0v) is 24.7. The van der Waals surface area contributed by atoms with Crippen molar-refractivity contribution >= 4 is 28.6 Å². The Morgan fingerprint density at radius 2 is 1.71 bits per heavy atom. The molecule has 42 heavy (non-hydrogen) atoms. The summed E-state index contributed by atoms with van der Waals surface area (Å²) < 4.78 is 13.1. The third-order valence-electron chi connectivity index (χ3n) is 8.18. The van der Waals surface area contributed by atoms with Crippen LogP contribution in [0.1, 0.15) is 54.8 Å². The number of aromatic nitrogens is 1. The maximum atomic E-state index is 13.3. The quantitative estimate of drug-likeness (QED) is 0.193. The minimum Gasteiger partial charge on any atom is -0.410 e. The molecule has 1 saturated heterocycles. The van der Waals surface area contributed by atoms with E-state index in [0.717, 1.165) is 63.9 Å². The molecular weight excluding hydrogens is 526 g/mol. The largest absolute Gasteiger partial charge is 0.417 e. The van der Waals surface area contributed by atoms with Gasteiger partial charge >= 0.3 is 6.09 Å². The van der Waals surface area contributed by atoms with E-state index in [1.54, 1.807) is 19.2 Å². The van der Waals surface area contributed by atoms with E-state index in [-0.39, 0.29) is 5.91 Å². The van der Waals surface area contributed by atoms with Crippen molar-refractivity contribution < 1.29 is 19.1 Å². The Balaban J connectivity index is 1.14. The van der Waals surface area contributed by atoms with Gasteiger partial charge in [0.1, 0.15) is 5.75 Å². The summed E-state index contributed by atoms with van der Waals surface area (Å²) in [6.07, 6.45) is 4.70. The van der Waals surface area contributed by atoms with Gasteiger partial charge in [-0.15, -0.1) is 0 Å². The fourth-order valence-corrected chi connectivity index (χ4v) is 6.15. The van der Waals surface area contributed by atoms with Gasteiger partial charge < -0.3 is 18.9 Å². The van der Waals surface area contributed by atoms with Gasteiger partial charge in [-0.2, -0.15) is 0 Å². The van der Waals surface area contributed by atoms with Gasteiger partial charge in [0.2, 0.25) is 5.91 Å². The first-order chi connectivity index (χ1) is 20.5. The Bertz CT molecular complexity index is 1480. The zero-order valence-electron chi connectivity index (χ0n) is 24.7. The van der Waals surface area contributed by atoms with Crippen molar-refractivity contribution in [2.45, 2.75) is 57.9 Å². The molecule has 5 rings (SSSR count). The SMILES string of the molecule is COCCCn1c(C2CCCN(C(=O)CCCc3ccc(NC(=O)Oc4ccccc4)cc3)C2)c(C)c2ccccc21. The lowest BCUT2D eigenvalue weighted by Crippen LogP contribution is -2.39. The van der Waals surface area contributed by atoms with Gasteiger partial charge in [-0.05, 0) is 80.5 Å². The molecule has 7 heteroatoms. The van der Waals surface area contributed by atoms with Crippen molar-refractivity contribution in [1.82, 2.24) is 9.47 Å². The van der Waals surface area contributed by atoms with Gasteiger partial charge in [0.05, 0.1) is 0 Å². The first-order valence-electron chi connectivity index (χ1n) is 15.0. The molecule has 1 unspecified atom stereocenters. The summed E-state index contributed by atoms with van der Waals surface area (Å²) in [4.78, 5) is 27.5. The summed E-state index contributed by atoms with van der Waals surface area (Å²) in [5, 5.41) is 4.06. The summed E-state index contributed by atoms with van der Waals surface area (Å²) in [6, 6.07) is 25.3. The molecule has 1 fully saturated rings. The fraction of sp³-hybridized carbons (Fsp3) is 0.371. The molecule has 0 bridgehead atoms. The van der Waals surface area contributed by atoms with E-state index < -0.39 is 6.09 Å². The van der Waals surface area contributed by atoms with E-state index >= 15 is 0 Å². The monoisotopic (exact) mass is 567 g/mol. The molecule has 0 aliphatic carbocycles. The van der Waals surface area contributed by atoms with E-state index in [2.05, 4.69) is 46.0 Å². The number of nitrogens with zero attached hydrogens (tertiary/aromatic N) is 2. The molecule has 2 heterocycles. The maximum absolute atomic E-state index is 13.3. The number of rotatable bonds is 11. The molecule has 0 radical (unpaired) electrons. The molecule has 0 spiro atoms. The van der Waals surface area contributed by atoms with Crippen LogP contribution >= 0.6 is 0 Å². The van der Waals surface area contributed by atoms with Crippen molar-refractivity contribution in [3.63, 3.8) is 0 Å². The van der Waals surface area contributed by atoms with Crippen LogP contribution in [0.15, 0.2) is 78.9 Å². The summed E-state index contributed by atoms with van der Waals surface area (Å²) in [7, 11) is 1.75. The molecule has 1 aliphatic heterocycles. The van der Waals surface area contributed by atoms with Crippen LogP contribution in [0.5, 0.6) is 5.75 Å². The lowest BCUT2D eigenvalue weighted by atomic mass is 9.91. The van der Waals surface area contributed by atoms with Crippen LogP contribution in [0.4, 0.5) is 10.5 Å². The van der Waals surface area contributed by atoms with Crippen LogP contribution in [0.25, 0.3) is 10.9 Å². The number of carbonyl (C=O) groups excluding carboxylic acids is 2. The normalized spacial score (nSPS) is 15.1. The predicted octanol–water partition coefficient (Wildman–Crippen LogP) is 7.33. The number of methoxy groups -OCH3 is 1. The lowest BCUT2D eigenvalue weighted by Gasteiger charge is -2.34. The first-order valence-corrected chi connectivity index (χ1v) is 15.0. The predicted molar refractivity (Wildman–Crippen MR) is 167 cm³/mol. The standard InChI is InChI=1S/C35H41N3O4/c1-26-31-15-6-7-16-32(31)38(23-10-24-41-2)34(26)28-12-9-22-37(25-28)33(39)17-8-11-27-18-20-29(21-19-27)36-35(40)42-30-13-4-3-5-14-30/h3-7,13-16,18-21,28H,8-12,17,22-25H2,1-2H3,(H,36,40). The highest BCUT2D eigenvalue weighted by atomic mass is 16.6. The Kier molecular flexibility index (Phi) is 9.93. The van der Waals surface area contributed by atoms with Crippen LogP contribution in [-0.2, 0) is 22.5 Å². The molecule has 0 saturated carbocycles.